The lowest BCUT2D eigenvalue weighted by molar-refractivity contribution is -0.116. The van der Waals surface area contributed by atoms with Crippen molar-refractivity contribution in [1.82, 2.24) is 4.72 Å². The van der Waals surface area contributed by atoms with E-state index in [1.165, 1.54) is 19.1 Å². The first-order valence-electron chi connectivity index (χ1n) is 5.14. The first kappa shape index (κ1) is 13.8. The van der Waals surface area contributed by atoms with Gasteiger partial charge in [0.15, 0.2) is 0 Å². The van der Waals surface area contributed by atoms with Crippen LogP contribution in [0.5, 0.6) is 0 Å². The number of aliphatic hydroxyl groups excluding tert-OH is 1. The summed E-state index contributed by atoms with van der Waals surface area (Å²) in [7, 11) is -3.60. The number of nitrogens with one attached hydrogen (secondary N) is 1. The van der Waals surface area contributed by atoms with Gasteiger partial charge in [-0.25, -0.2) is 13.1 Å². The monoisotopic (exact) mass is 257 g/mol. The Kier molecular flexibility index (Phi) is 4.80. The van der Waals surface area contributed by atoms with Gasteiger partial charge in [0.05, 0.1) is 11.5 Å². The molecule has 5 nitrogen and oxygen atoms in total. The van der Waals surface area contributed by atoms with Crippen molar-refractivity contribution < 1.29 is 18.3 Å². The number of sulfonamides is 1. The lowest BCUT2D eigenvalue weighted by atomic mass is 10.1. The fourth-order valence-electron chi connectivity index (χ4n) is 1.37. The van der Waals surface area contributed by atoms with E-state index in [4.69, 9.17) is 5.11 Å². The predicted molar refractivity (Wildman–Crippen MR) is 63.1 cm³/mol. The zero-order valence-electron chi connectivity index (χ0n) is 9.51. The molecule has 1 aromatic rings. The SMILES string of the molecule is CC(=O)Cc1cccc(S(=O)(=O)NCCO)c1. The number of hydrogen-bond acceptors (Lipinski definition) is 4. The van der Waals surface area contributed by atoms with Gasteiger partial charge < -0.3 is 5.11 Å². The largest absolute Gasteiger partial charge is 0.395 e. The highest BCUT2D eigenvalue weighted by molar-refractivity contribution is 7.89. The van der Waals surface area contributed by atoms with Crippen LogP contribution in [0.15, 0.2) is 29.2 Å². The van der Waals surface area contributed by atoms with Crippen LogP contribution in [0.1, 0.15) is 12.5 Å². The molecular weight excluding hydrogens is 242 g/mol. The predicted octanol–water partition coefficient (Wildman–Crippen LogP) is 0.0887. The Morgan fingerprint density at radius 3 is 2.71 bits per heavy atom. The minimum atomic E-state index is -3.60. The van der Waals surface area contributed by atoms with Gasteiger partial charge in [0, 0.05) is 13.0 Å². The molecule has 0 spiro atoms. The minimum absolute atomic E-state index is 0.0251. The topological polar surface area (TPSA) is 83.5 Å². The van der Waals surface area contributed by atoms with Gasteiger partial charge in [-0.3, -0.25) is 4.79 Å². The van der Waals surface area contributed by atoms with Crippen molar-refractivity contribution in [2.24, 2.45) is 0 Å². The van der Waals surface area contributed by atoms with Crippen LogP contribution in [0.2, 0.25) is 0 Å². The average Bonchev–Trinajstić information content (AvgIpc) is 2.26. The van der Waals surface area contributed by atoms with Crippen LogP contribution in [0.25, 0.3) is 0 Å². The third-order valence-electron chi connectivity index (χ3n) is 2.07. The number of carbonyl (C=O) groups excluding carboxylic acids is 1. The molecule has 0 fully saturated rings. The number of hydrogen-bond donors (Lipinski definition) is 2. The second kappa shape index (κ2) is 5.90. The Morgan fingerprint density at radius 1 is 1.41 bits per heavy atom. The Balaban J connectivity index is 2.94. The maximum atomic E-state index is 11.7. The summed E-state index contributed by atoms with van der Waals surface area (Å²) in [5.74, 6) is -0.0251. The maximum Gasteiger partial charge on any atom is 0.240 e. The second-order valence-corrected chi connectivity index (χ2v) is 5.41. The van der Waals surface area contributed by atoms with Crippen LogP contribution in [-0.2, 0) is 21.2 Å². The zero-order valence-corrected chi connectivity index (χ0v) is 10.3. The highest BCUT2D eigenvalue weighted by Crippen LogP contribution is 2.12. The number of aliphatic hydroxyl groups is 1. The molecule has 0 radical (unpaired) electrons. The number of ketones is 1. The molecule has 17 heavy (non-hydrogen) atoms. The molecule has 0 unspecified atom stereocenters. The standard InChI is InChI=1S/C11H15NO4S/c1-9(14)7-10-3-2-4-11(8-10)17(15,16)12-5-6-13/h2-4,8,12-13H,5-7H2,1H3. The molecule has 0 bridgehead atoms. The van der Waals surface area contributed by atoms with Gasteiger partial charge in [-0.15, -0.1) is 0 Å². The third kappa shape index (κ3) is 4.26. The summed E-state index contributed by atoms with van der Waals surface area (Å²) in [6.07, 6.45) is 0.212. The molecule has 0 aliphatic rings. The summed E-state index contributed by atoms with van der Waals surface area (Å²) < 4.78 is 25.7. The molecule has 0 saturated heterocycles. The minimum Gasteiger partial charge on any atom is -0.395 e. The van der Waals surface area contributed by atoms with E-state index < -0.39 is 10.0 Å². The van der Waals surface area contributed by atoms with Gasteiger partial charge in [0.2, 0.25) is 10.0 Å². The lowest BCUT2D eigenvalue weighted by Crippen LogP contribution is -2.26. The zero-order chi connectivity index (χ0) is 12.9. The van der Waals surface area contributed by atoms with Crippen molar-refractivity contribution in [2.45, 2.75) is 18.2 Å². The summed E-state index contributed by atoms with van der Waals surface area (Å²) in [6.45, 7) is 1.16. The molecule has 2 N–H and O–H groups in total. The number of rotatable bonds is 6. The average molecular weight is 257 g/mol. The Hall–Kier alpha value is -1.24. The quantitative estimate of drug-likeness (QED) is 0.756. The van der Waals surface area contributed by atoms with Gasteiger partial charge in [-0.1, -0.05) is 12.1 Å². The van der Waals surface area contributed by atoms with E-state index in [0.717, 1.165) is 0 Å². The molecule has 0 amide bonds. The van der Waals surface area contributed by atoms with E-state index in [9.17, 15) is 13.2 Å². The molecule has 0 heterocycles. The van der Waals surface area contributed by atoms with E-state index in [1.54, 1.807) is 12.1 Å². The Bertz CT molecular complexity index is 496. The van der Waals surface area contributed by atoms with Gasteiger partial charge in [0.1, 0.15) is 5.78 Å². The van der Waals surface area contributed by atoms with E-state index in [1.807, 2.05) is 0 Å². The summed E-state index contributed by atoms with van der Waals surface area (Å²) in [6, 6.07) is 6.20. The molecule has 0 saturated carbocycles. The summed E-state index contributed by atoms with van der Waals surface area (Å²) in [5, 5.41) is 8.58. The molecular formula is C11H15NO4S. The number of Topliss-reactive ketones (excluding diaryl/α,β-unsaturated/α-hetero) is 1. The molecule has 0 aromatic heterocycles. The number of benzene rings is 1. The van der Waals surface area contributed by atoms with E-state index >= 15 is 0 Å². The highest BCUT2D eigenvalue weighted by atomic mass is 32.2. The molecule has 0 atom stereocenters. The van der Waals surface area contributed by atoms with E-state index in [2.05, 4.69) is 4.72 Å². The summed E-state index contributed by atoms with van der Waals surface area (Å²) >= 11 is 0. The van der Waals surface area contributed by atoms with Crippen LogP contribution in [0, 0.1) is 0 Å². The summed E-state index contributed by atoms with van der Waals surface area (Å²) in [4.78, 5) is 11.0. The second-order valence-electron chi connectivity index (χ2n) is 3.65. The van der Waals surface area contributed by atoms with Crippen molar-refractivity contribution in [3.8, 4) is 0 Å². The van der Waals surface area contributed by atoms with E-state index in [0.29, 0.717) is 5.56 Å². The van der Waals surface area contributed by atoms with Crippen molar-refractivity contribution in [2.75, 3.05) is 13.2 Å². The first-order valence-corrected chi connectivity index (χ1v) is 6.63. The molecule has 1 aromatic carbocycles. The maximum absolute atomic E-state index is 11.7. The Labute approximate surface area is 101 Å². The first-order chi connectivity index (χ1) is 7.95. The molecule has 94 valence electrons. The van der Waals surface area contributed by atoms with Gasteiger partial charge >= 0.3 is 0 Å². The fourth-order valence-corrected chi connectivity index (χ4v) is 2.46. The summed E-state index contributed by atoms with van der Waals surface area (Å²) in [5.41, 5.74) is 0.657. The fraction of sp³-hybridized carbons (Fsp3) is 0.364. The molecule has 0 aliphatic heterocycles. The molecule has 6 heteroatoms. The van der Waals surface area contributed by atoms with Gasteiger partial charge in [-0.05, 0) is 24.6 Å². The van der Waals surface area contributed by atoms with Crippen molar-refractivity contribution in [1.29, 1.82) is 0 Å². The van der Waals surface area contributed by atoms with Crippen molar-refractivity contribution >= 4 is 15.8 Å². The molecule has 1 rings (SSSR count). The highest BCUT2D eigenvalue weighted by Gasteiger charge is 2.13. The van der Waals surface area contributed by atoms with Gasteiger partial charge in [-0.2, -0.15) is 0 Å². The van der Waals surface area contributed by atoms with Crippen LogP contribution in [0.4, 0.5) is 0 Å². The lowest BCUT2D eigenvalue weighted by Gasteiger charge is -2.06. The normalized spacial score (nSPS) is 11.4. The third-order valence-corrected chi connectivity index (χ3v) is 3.52. The van der Waals surface area contributed by atoms with Crippen LogP contribution in [-0.4, -0.2) is 32.5 Å². The van der Waals surface area contributed by atoms with Crippen LogP contribution < -0.4 is 4.72 Å². The number of carbonyl (C=O) groups is 1. The van der Waals surface area contributed by atoms with Gasteiger partial charge in [0.25, 0.3) is 0 Å². The Morgan fingerprint density at radius 2 is 2.12 bits per heavy atom. The van der Waals surface area contributed by atoms with E-state index in [-0.39, 0.29) is 30.3 Å². The molecule has 0 aliphatic carbocycles. The smallest absolute Gasteiger partial charge is 0.240 e. The van der Waals surface area contributed by atoms with Crippen LogP contribution in [0.3, 0.4) is 0 Å². The van der Waals surface area contributed by atoms with Crippen molar-refractivity contribution in [3.05, 3.63) is 29.8 Å². The van der Waals surface area contributed by atoms with Crippen LogP contribution >= 0.6 is 0 Å². The van der Waals surface area contributed by atoms with Crippen molar-refractivity contribution in [3.63, 3.8) is 0 Å².